The maximum atomic E-state index is 12.3. The predicted molar refractivity (Wildman–Crippen MR) is 117 cm³/mol. The standard InChI is InChI=1S/C25H31BrO2/c1-16(20-11-12-21-19(15-26)10-7-13-25(20,21)3)14-22-23(17(2)24(27)28-22)18-8-5-4-6-9-18/h4-6,8-9,15-16,20-23H,2,7,10-14H2,1,3H3/t16-,20-,21+,22-,23+,25-/m1/s1. The second-order valence-corrected chi connectivity index (χ2v) is 9.81. The Morgan fingerprint density at radius 2 is 2.07 bits per heavy atom. The summed E-state index contributed by atoms with van der Waals surface area (Å²) in [5.74, 6) is 1.69. The van der Waals surface area contributed by atoms with Crippen molar-refractivity contribution in [2.24, 2.45) is 23.2 Å². The lowest BCUT2D eigenvalue weighted by Crippen LogP contribution is -2.37. The van der Waals surface area contributed by atoms with Gasteiger partial charge in [-0.05, 0) is 72.2 Å². The van der Waals surface area contributed by atoms with Crippen molar-refractivity contribution in [3.8, 4) is 0 Å². The molecule has 3 heteroatoms. The number of fused-ring (bicyclic) bond motifs is 1. The molecule has 1 aliphatic heterocycles. The van der Waals surface area contributed by atoms with Crippen LogP contribution in [0.15, 0.2) is 53.0 Å². The van der Waals surface area contributed by atoms with Gasteiger partial charge in [0.2, 0.25) is 0 Å². The SMILES string of the molecule is C=C1C(=O)O[C@H](C[C@@H](C)[C@H]2CC[C@H]3C(=CBr)CCC[C@]23C)[C@@H]1c1ccccc1. The molecular formula is C25H31BrO2. The van der Waals surface area contributed by atoms with E-state index in [1.54, 1.807) is 5.57 Å². The highest BCUT2D eigenvalue weighted by Gasteiger charge is 2.51. The van der Waals surface area contributed by atoms with Crippen LogP contribution in [0.25, 0.3) is 0 Å². The van der Waals surface area contributed by atoms with Crippen molar-refractivity contribution in [3.05, 3.63) is 58.6 Å². The largest absolute Gasteiger partial charge is 0.458 e. The van der Waals surface area contributed by atoms with E-state index < -0.39 is 0 Å². The van der Waals surface area contributed by atoms with Crippen LogP contribution in [-0.4, -0.2) is 12.1 Å². The molecule has 0 radical (unpaired) electrons. The molecule has 0 N–H and O–H groups in total. The van der Waals surface area contributed by atoms with Crippen LogP contribution in [0.3, 0.4) is 0 Å². The van der Waals surface area contributed by atoms with Crippen molar-refractivity contribution in [1.29, 1.82) is 0 Å². The molecule has 2 saturated carbocycles. The highest BCUT2D eigenvalue weighted by atomic mass is 79.9. The Hall–Kier alpha value is -1.35. The van der Waals surface area contributed by atoms with Crippen molar-refractivity contribution in [2.75, 3.05) is 0 Å². The number of benzene rings is 1. The number of hydrogen-bond acceptors (Lipinski definition) is 2. The van der Waals surface area contributed by atoms with Crippen LogP contribution in [0, 0.1) is 23.2 Å². The third kappa shape index (κ3) is 3.30. The van der Waals surface area contributed by atoms with Gasteiger partial charge in [-0.2, -0.15) is 0 Å². The van der Waals surface area contributed by atoms with Crippen LogP contribution < -0.4 is 0 Å². The van der Waals surface area contributed by atoms with Crippen LogP contribution in [0.4, 0.5) is 0 Å². The lowest BCUT2D eigenvalue weighted by Gasteiger charge is -2.44. The van der Waals surface area contributed by atoms with Crippen molar-refractivity contribution >= 4 is 21.9 Å². The molecule has 2 nitrogen and oxygen atoms in total. The molecule has 28 heavy (non-hydrogen) atoms. The molecule has 1 aromatic carbocycles. The molecule has 0 amide bonds. The Bertz CT molecular complexity index is 783. The molecule has 3 fully saturated rings. The number of carbonyl (C=O) groups is 1. The van der Waals surface area contributed by atoms with Gasteiger partial charge < -0.3 is 4.74 Å². The van der Waals surface area contributed by atoms with Crippen LogP contribution in [0.2, 0.25) is 0 Å². The summed E-state index contributed by atoms with van der Waals surface area (Å²) in [4.78, 5) is 14.5. The first-order valence-corrected chi connectivity index (χ1v) is 11.6. The van der Waals surface area contributed by atoms with E-state index in [0.717, 1.165) is 12.0 Å². The fraction of sp³-hybridized carbons (Fsp3) is 0.560. The number of cyclic esters (lactones) is 1. The monoisotopic (exact) mass is 442 g/mol. The minimum Gasteiger partial charge on any atom is -0.458 e. The van der Waals surface area contributed by atoms with Crippen LogP contribution in [0.1, 0.15) is 63.9 Å². The average molecular weight is 443 g/mol. The van der Waals surface area contributed by atoms with E-state index in [1.165, 1.54) is 32.1 Å². The molecule has 0 unspecified atom stereocenters. The van der Waals surface area contributed by atoms with Crippen LogP contribution in [-0.2, 0) is 9.53 Å². The van der Waals surface area contributed by atoms with Gasteiger partial charge in [-0.15, -0.1) is 0 Å². The van der Waals surface area contributed by atoms with Gasteiger partial charge in [0.05, 0.1) is 5.92 Å². The Balaban J connectivity index is 1.54. The molecule has 0 bridgehead atoms. The van der Waals surface area contributed by atoms with E-state index in [9.17, 15) is 4.79 Å². The van der Waals surface area contributed by atoms with Crippen LogP contribution in [0.5, 0.6) is 0 Å². The molecule has 0 aromatic heterocycles. The lowest BCUT2D eigenvalue weighted by atomic mass is 9.61. The van der Waals surface area contributed by atoms with Crippen molar-refractivity contribution in [2.45, 2.75) is 64.4 Å². The van der Waals surface area contributed by atoms with Gasteiger partial charge in [0.25, 0.3) is 0 Å². The summed E-state index contributed by atoms with van der Waals surface area (Å²) in [5, 5.41) is 0. The molecule has 150 valence electrons. The molecule has 3 aliphatic rings. The van der Waals surface area contributed by atoms with E-state index in [1.807, 2.05) is 18.2 Å². The first kappa shape index (κ1) is 19.9. The average Bonchev–Trinajstić information content (AvgIpc) is 3.18. The van der Waals surface area contributed by atoms with E-state index in [0.29, 0.717) is 28.7 Å². The molecule has 2 aliphatic carbocycles. The molecule has 1 heterocycles. The second kappa shape index (κ2) is 7.82. The number of halogens is 1. The predicted octanol–water partition coefficient (Wildman–Crippen LogP) is 6.77. The normalized spacial score (nSPS) is 37.8. The maximum absolute atomic E-state index is 12.3. The zero-order valence-corrected chi connectivity index (χ0v) is 18.6. The zero-order valence-electron chi connectivity index (χ0n) is 17.0. The fourth-order valence-electron chi connectivity index (χ4n) is 6.57. The van der Waals surface area contributed by atoms with Crippen molar-refractivity contribution in [3.63, 3.8) is 0 Å². The Morgan fingerprint density at radius 3 is 2.79 bits per heavy atom. The first-order chi connectivity index (χ1) is 13.5. The number of esters is 1. The number of ether oxygens (including phenoxy) is 1. The third-order valence-electron chi connectivity index (χ3n) is 7.90. The Labute approximate surface area is 177 Å². The summed E-state index contributed by atoms with van der Waals surface area (Å²) in [6.45, 7) is 8.95. The highest BCUT2D eigenvalue weighted by Crippen LogP contribution is 2.60. The van der Waals surface area contributed by atoms with Crippen molar-refractivity contribution < 1.29 is 9.53 Å². The van der Waals surface area contributed by atoms with Gasteiger partial charge in [0.15, 0.2) is 0 Å². The summed E-state index contributed by atoms with van der Waals surface area (Å²) in [7, 11) is 0. The van der Waals surface area contributed by atoms with E-state index >= 15 is 0 Å². The van der Waals surface area contributed by atoms with Crippen LogP contribution >= 0.6 is 15.9 Å². The summed E-state index contributed by atoms with van der Waals surface area (Å²) in [5.41, 5.74) is 3.74. The zero-order chi connectivity index (χ0) is 19.9. The smallest absolute Gasteiger partial charge is 0.334 e. The highest BCUT2D eigenvalue weighted by molar-refractivity contribution is 9.11. The summed E-state index contributed by atoms with van der Waals surface area (Å²) >= 11 is 3.62. The number of allylic oxidation sites excluding steroid dienone is 1. The first-order valence-electron chi connectivity index (χ1n) is 10.7. The van der Waals surface area contributed by atoms with Gasteiger partial charge in [-0.1, -0.05) is 72.3 Å². The topological polar surface area (TPSA) is 26.3 Å². The second-order valence-electron chi connectivity index (χ2n) is 9.35. The van der Waals surface area contributed by atoms with Gasteiger partial charge in [-0.25, -0.2) is 4.79 Å². The molecule has 4 rings (SSSR count). The van der Waals surface area contributed by atoms with E-state index in [-0.39, 0.29) is 18.0 Å². The Morgan fingerprint density at radius 1 is 1.32 bits per heavy atom. The number of hydrogen-bond donors (Lipinski definition) is 0. The van der Waals surface area contributed by atoms with Gasteiger partial charge in [-0.3, -0.25) is 0 Å². The minimum absolute atomic E-state index is 0.00879. The lowest BCUT2D eigenvalue weighted by molar-refractivity contribution is -0.139. The quantitative estimate of drug-likeness (QED) is 0.379. The molecular weight excluding hydrogens is 412 g/mol. The molecule has 0 spiro atoms. The Kier molecular flexibility index (Phi) is 5.57. The molecule has 6 atom stereocenters. The molecule has 1 saturated heterocycles. The summed E-state index contributed by atoms with van der Waals surface area (Å²) in [6, 6.07) is 10.3. The van der Waals surface area contributed by atoms with Gasteiger partial charge >= 0.3 is 5.97 Å². The number of carbonyl (C=O) groups excluding carboxylic acids is 1. The summed E-state index contributed by atoms with van der Waals surface area (Å²) < 4.78 is 5.82. The minimum atomic E-state index is -0.219. The number of rotatable bonds is 4. The van der Waals surface area contributed by atoms with Gasteiger partial charge in [0, 0.05) is 5.57 Å². The summed E-state index contributed by atoms with van der Waals surface area (Å²) in [6.07, 6.45) is 7.25. The maximum Gasteiger partial charge on any atom is 0.334 e. The molecule has 1 aromatic rings. The van der Waals surface area contributed by atoms with E-state index in [4.69, 9.17) is 4.74 Å². The van der Waals surface area contributed by atoms with Crippen molar-refractivity contribution in [1.82, 2.24) is 0 Å². The third-order valence-corrected chi connectivity index (χ3v) is 8.48. The van der Waals surface area contributed by atoms with E-state index in [2.05, 4.69) is 53.5 Å². The fourth-order valence-corrected chi connectivity index (χ4v) is 7.12. The van der Waals surface area contributed by atoms with Gasteiger partial charge in [0.1, 0.15) is 6.10 Å².